The molecule has 6 heteroatoms. The maximum Gasteiger partial charge on any atom is 0.349 e. The predicted molar refractivity (Wildman–Crippen MR) is 62.4 cm³/mol. The standard InChI is InChI=1S/C11H17N3O3/c12-10-3-4-14(11(17)13-10)8-2-1-7(6-15)9(16)5-8/h3-4,7-9,15-16H,1-2,5-6H2,(H2,12,13,17)/t7-,8+,9+/m0/s1. The van der Waals surface area contributed by atoms with Crippen molar-refractivity contribution in [2.24, 2.45) is 5.92 Å². The van der Waals surface area contributed by atoms with Crippen LogP contribution >= 0.6 is 0 Å². The Morgan fingerprint density at radius 3 is 2.88 bits per heavy atom. The van der Waals surface area contributed by atoms with Crippen LogP contribution in [-0.2, 0) is 0 Å². The molecular weight excluding hydrogens is 222 g/mol. The summed E-state index contributed by atoms with van der Waals surface area (Å²) in [6, 6.07) is 1.51. The summed E-state index contributed by atoms with van der Waals surface area (Å²) in [6.45, 7) is -0.0111. The van der Waals surface area contributed by atoms with Crippen LogP contribution in [0, 0.1) is 5.92 Å². The van der Waals surface area contributed by atoms with Crippen molar-refractivity contribution in [2.75, 3.05) is 12.3 Å². The van der Waals surface area contributed by atoms with Crippen LogP contribution in [0.2, 0.25) is 0 Å². The summed E-state index contributed by atoms with van der Waals surface area (Å²) in [4.78, 5) is 15.3. The first-order valence-corrected chi connectivity index (χ1v) is 5.75. The van der Waals surface area contributed by atoms with Gasteiger partial charge in [-0.15, -0.1) is 0 Å². The first-order valence-electron chi connectivity index (χ1n) is 5.75. The van der Waals surface area contributed by atoms with E-state index in [1.54, 1.807) is 12.3 Å². The Kier molecular flexibility index (Phi) is 3.44. The van der Waals surface area contributed by atoms with Gasteiger partial charge in [-0.3, -0.25) is 4.57 Å². The van der Waals surface area contributed by atoms with Crippen molar-refractivity contribution in [3.63, 3.8) is 0 Å². The molecule has 2 rings (SSSR count). The highest BCUT2D eigenvalue weighted by molar-refractivity contribution is 5.23. The maximum absolute atomic E-state index is 11.6. The van der Waals surface area contributed by atoms with Crippen molar-refractivity contribution in [3.05, 3.63) is 22.7 Å². The van der Waals surface area contributed by atoms with Crippen LogP contribution in [0.3, 0.4) is 0 Å². The van der Waals surface area contributed by atoms with Crippen LogP contribution < -0.4 is 11.4 Å². The molecule has 0 aromatic carbocycles. The zero-order valence-corrected chi connectivity index (χ0v) is 9.49. The van der Waals surface area contributed by atoms with Gasteiger partial charge >= 0.3 is 5.69 Å². The van der Waals surface area contributed by atoms with Crippen LogP contribution in [0.4, 0.5) is 5.82 Å². The lowest BCUT2D eigenvalue weighted by atomic mass is 9.84. The minimum atomic E-state index is -0.566. The molecule has 1 fully saturated rings. The van der Waals surface area contributed by atoms with Gasteiger partial charge in [0, 0.05) is 24.8 Å². The molecule has 17 heavy (non-hydrogen) atoms. The van der Waals surface area contributed by atoms with Gasteiger partial charge in [0.15, 0.2) is 0 Å². The zero-order valence-electron chi connectivity index (χ0n) is 9.49. The van der Waals surface area contributed by atoms with Gasteiger partial charge in [0.2, 0.25) is 0 Å². The molecule has 0 bridgehead atoms. The Bertz CT molecular complexity index is 446. The van der Waals surface area contributed by atoms with Crippen LogP contribution in [-0.4, -0.2) is 32.5 Å². The third kappa shape index (κ3) is 2.48. The van der Waals surface area contributed by atoms with Gasteiger partial charge in [0.05, 0.1) is 6.10 Å². The Hall–Kier alpha value is -1.40. The summed E-state index contributed by atoms with van der Waals surface area (Å²) < 4.78 is 1.51. The number of nitrogens with zero attached hydrogens (tertiary/aromatic N) is 2. The van der Waals surface area contributed by atoms with E-state index in [2.05, 4.69) is 4.98 Å². The molecule has 1 aromatic heterocycles. The second kappa shape index (κ2) is 4.85. The number of nitrogens with two attached hydrogens (primary N) is 1. The lowest BCUT2D eigenvalue weighted by Gasteiger charge is -2.32. The van der Waals surface area contributed by atoms with E-state index in [1.807, 2.05) is 0 Å². The fourth-order valence-corrected chi connectivity index (χ4v) is 2.36. The van der Waals surface area contributed by atoms with Gasteiger partial charge in [0.25, 0.3) is 0 Å². The van der Waals surface area contributed by atoms with Crippen molar-refractivity contribution in [1.82, 2.24) is 9.55 Å². The smallest absolute Gasteiger partial charge is 0.349 e. The molecule has 1 saturated carbocycles. The van der Waals surface area contributed by atoms with E-state index in [4.69, 9.17) is 10.8 Å². The average Bonchev–Trinajstić information content (AvgIpc) is 2.29. The monoisotopic (exact) mass is 239 g/mol. The third-order valence-electron chi connectivity index (χ3n) is 3.41. The van der Waals surface area contributed by atoms with Crippen molar-refractivity contribution >= 4 is 5.82 Å². The lowest BCUT2D eigenvalue weighted by Crippen LogP contribution is -2.36. The van der Waals surface area contributed by atoms with Crippen LogP contribution in [0.25, 0.3) is 0 Å². The minimum absolute atomic E-state index is 0.0111. The van der Waals surface area contributed by atoms with E-state index in [-0.39, 0.29) is 30.1 Å². The number of aliphatic hydroxyl groups is 2. The number of rotatable bonds is 2. The first kappa shape index (κ1) is 12.1. The first-order chi connectivity index (χ1) is 8.11. The zero-order chi connectivity index (χ0) is 12.4. The van der Waals surface area contributed by atoms with Crippen molar-refractivity contribution in [1.29, 1.82) is 0 Å². The van der Waals surface area contributed by atoms with E-state index in [0.717, 1.165) is 6.42 Å². The number of nitrogen functional groups attached to an aromatic ring is 1. The summed E-state index contributed by atoms with van der Waals surface area (Å²) in [7, 11) is 0. The lowest BCUT2D eigenvalue weighted by molar-refractivity contribution is 0.0176. The molecule has 0 saturated heterocycles. The Morgan fingerprint density at radius 1 is 1.53 bits per heavy atom. The molecule has 0 aliphatic heterocycles. The highest BCUT2D eigenvalue weighted by atomic mass is 16.3. The van der Waals surface area contributed by atoms with E-state index in [1.165, 1.54) is 4.57 Å². The SMILES string of the molecule is Nc1ccn([C@@H]2CC[C@@H](CO)[C@H](O)C2)c(=O)n1. The molecule has 1 aliphatic carbocycles. The summed E-state index contributed by atoms with van der Waals surface area (Å²) >= 11 is 0. The quantitative estimate of drug-likeness (QED) is 0.647. The topological polar surface area (TPSA) is 101 Å². The highest BCUT2D eigenvalue weighted by Gasteiger charge is 2.29. The number of aliphatic hydroxyl groups excluding tert-OH is 2. The van der Waals surface area contributed by atoms with Gasteiger partial charge in [-0.25, -0.2) is 4.79 Å². The Balaban J connectivity index is 2.16. The summed E-state index contributed by atoms with van der Waals surface area (Å²) in [5, 5.41) is 18.9. The van der Waals surface area contributed by atoms with Gasteiger partial charge in [-0.05, 0) is 25.3 Å². The Labute approximate surface area is 98.7 Å². The number of anilines is 1. The summed E-state index contributed by atoms with van der Waals surface area (Å²) in [5.74, 6) is 0.125. The maximum atomic E-state index is 11.6. The van der Waals surface area contributed by atoms with Crippen LogP contribution in [0.1, 0.15) is 25.3 Å². The fourth-order valence-electron chi connectivity index (χ4n) is 2.36. The molecule has 4 N–H and O–H groups in total. The molecule has 1 aromatic rings. The highest BCUT2D eigenvalue weighted by Crippen LogP contribution is 2.31. The molecule has 0 spiro atoms. The molecule has 1 heterocycles. The second-order valence-corrected chi connectivity index (χ2v) is 4.52. The number of hydrogen-bond acceptors (Lipinski definition) is 5. The van der Waals surface area contributed by atoms with Crippen molar-refractivity contribution in [3.8, 4) is 0 Å². The molecular formula is C11H17N3O3. The summed E-state index contributed by atoms with van der Waals surface area (Å²) in [5.41, 5.74) is 5.04. The molecule has 6 nitrogen and oxygen atoms in total. The summed E-state index contributed by atoms with van der Waals surface area (Å²) in [6.07, 6.45) is 2.98. The molecule has 0 unspecified atom stereocenters. The minimum Gasteiger partial charge on any atom is -0.396 e. The van der Waals surface area contributed by atoms with E-state index < -0.39 is 6.10 Å². The normalized spacial score (nSPS) is 29.2. The van der Waals surface area contributed by atoms with Gasteiger partial charge < -0.3 is 15.9 Å². The fraction of sp³-hybridized carbons (Fsp3) is 0.636. The van der Waals surface area contributed by atoms with E-state index in [9.17, 15) is 9.90 Å². The molecule has 0 amide bonds. The average molecular weight is 239 g/mol. The van der Waals surface area contributed by atoms with Crippen molar-refractivity contribution in [2.45, 2.75) is 31.4 Å². The molecule has 3 atom stereocenters. The Morgan fingerprint density at radius 2 is 2.29 bits per heavy atom. The molecule has 94 valence electrons. The van der Waals surface area contributed by atoms with E-state index in [0.29, 0.717) is 12.8 Å². The van der Waals surface area contributed by atoms with Crippen LogP contribution in [0.15, 0.2) is 17.1 Å². The molecule has 1 aliphatic rings. The van der Waals surface area contributed by atoms with Gasteiger partial charge in [-0.1, -0.05) is 0 Å². The van der Waals surface area contributed by atoms with E-state index >= 15 is 0 Å². The van der Waals surface area contributed by atoms with Gasteiger partial charge in [-0.2, -0.15) is 4.98 Å². The second-order valence-electron chi connectivity index (χ2n) is 4.52. The van der Waals surface area contributed by atoms with Crippen molar-refractivity contribution < 1.29 is 10.2 Å². The number of aromatic nitrogens is 2. The third-order valence-corrected chi connectivity index (χ3v) is 3.41. The number of hydrogen-bond donors (Lipinski definition) is 3. The molecule has 0 radical (unpaired) electrons. The van der Waals surface area contributed by atoms with Gasteiger partial charge in [0.1, 0.15) is 5.82 Å². The predicted octanol–water partition coefficient (Wildman–Crippen LogP) is -0.480. The van der Waals surface area contributed by atoms with Crippen LogP contribution in [0.5, 0.6) is 0 Å². The largest absolute Gasteiger partial charge is 0.396 e.